The quantitative estimate of drug-likeness (QED) is 0.184. The van der Waals surface area contributed by atoms with E-state index in [1.807, 2.05) is 11.3 Å². The van der Waals surface area contributed by atoms with Gasteiger partial charge in [0.2, 0.25) is 5.95 Å². The fourth-order valence-corrected chi connectivity index (χ4v) is 9.67. The zero-order chi connectivity index (χ0) is 33.2. The van der Waals surface area contributed by atoms with Crippen LogP contribution in [0.4, 0.5) is 0 Å². The highest BCUT2D eigenvalue weighted by molar-refractivity contribution is 7.27. The molecule has 0 saturated carbocycles. The molecule has 0 aliphatic heterocycles. The van der Waals surface area contributed by atoms with E-state index < -0.39 is 0 Å². The van der Waals surface area contributed by atoms with Crippen LogP contribution in [0.1, 0.15) is 0 Å². The molecule has 0 atom stereocenters. The lowest BCUT2D eigenvalue weighted by Crippen LogP contribution is -2.03. The first-order chi connectivity index (χ1) is 25.3. The molecule has 12 rings (SSSR count). The van der Waals surface area contributed by atoms with E-state index in [9.17, 15) is 0 Å². The highest BCUT2D eigenvalue weighted by Crippen LogP contribution is 2.48. The molecule has 0 aliphatic carbocycles. The topological polar surface area (TPSA) is 43.9 Å². The van der Waals surface area contributed by atoms with Crippen LogP contribution in [0.3, 0.4) is 0 Å². The smallest absolute Gasteiger partial charge is 0.235 e. The molecule has 0 fully saturated rings. The van der Waals surface area contributed by atoms with E-state index >= 15 is 0 Å². The molecule has 12 aromatic rings. The molecule has 236 valence electrons. The van der Waals surface area contributed by atoms with E-state index in [1.54, 1.807) is 0 Å². The molecule has 0 unspecified atom stereocenters. The highest BCUT2D eigenvalue weighted by atomic mass is 32.1. The highest BCUT2D eigenvalue weighted by Gasteiger charge is 2.24. The molecule has 0 saturated heterocycles. The third kappa shape index (κ3) is 3.68. The number of fused-ring (bicyclic) bond motifs is 16. The van der Waals surface area contributed by atoms with Crippen LogP contribution in [0.5, 0.6) is 0 Å². The second-order valence-electron chi connectivity index (χ2n) is 13.3. The van der Waals surface area contributed by atoms with Crippen LogP contribution >= 0.6 is 11.3 Å². The molecule has 0 aliphatic rings. The number of furan rings is 1. The predicted molar refractivity (Wildman–Crippen MR) is 214 cm³/mol. The van der Waals surface area contributed by atoms with Crippen molar-refractivity contribution in [2.75, 3.05) is 0 Å². The summed E-state index contributed by atoms with van der Waals surface area (Å²) in [5, 5.41) is 13.1. The van der Waals surface area contributed by atoms with Crippen LogP contribution in [-0.2, 0) is 0 Å². The van der Waals surface area contributed by atoms with Crippen molar-refractivity contribution in [2.45, 2.75) is 0 Å². The maximum Gasteiger partial charge on any atom is 0.235 e. The van der Waals surface area contributed by atoms with Gasteiger partial charge in [-0.1, -0.05) is 115 Å². The molecule has 5 heteroatoms. The largest absolute Gasteiger partial charge is 0.456 e. The van der Waals surface area contributed by atoms with Crippen LogP contribution in [0.25, 0.3) is 114 Å². The summed E-state index contributed by atoms with van der Waals surface area (Å²) in [7, 11) is 0. The van der Waals surface area contributed by atoms with Crippen molar-refractivity contribution in [3.63, 3.8) is 0 Å². The van der Waals surface area contributed by atoms with Crippen molar-refractivity contribution in [1.82, 2.24) is 14.5 Å². The molecular weight excluding hydrogens is 643 g/mol. The van der Waals surface area contributed by atoms with Gasteiger partial charge >= 0.3 is 0 Å². The van der Waals surface area contributed by atoms with Crippen molar-refractivity contribution in [3.05, 3.63) is 152 Å². The van der Waals surface area contributed by atoms with E-state index in [2.05, 4.69) is 156 Å². The Hall–Kier alpha value is -6.56. The standard InChI is InChI=1S/C46H25N3OS/c1-2-12-28-26(11-1)22-24-37-40(28)33-23-21-27(25-38(33)50-37)43-31-15-5-8-18-35(31)47-46(48-43)49-36-19-9-6-16-32(36)41-29-13-3-4-14-30(29)42-34-17-7-10-20-39(34)51-45(42)44(41)49/h1-25H. The molecule has 0 bridgehead atoms. The van der Waals surface area contributed by atoms with Gasteiger partial charge in [0.1, 0.15) is 11.2 Å². The number of para-hydroxylation sites is 2. The fraction of sp³-hybridized carbons (Fsp3) is 0. The minimum absolute atomic E-state index is 0.652. The number of nitrogens with zero attached hydrogens (tertiary/aromatic N) is 3. The van der Waals surface area contributed by atoms with Gasteiger partial charge in [0.25, 0.3) is 0 Å². The zero-order valence-corrected chi connectivity index (χ0v) is 27.9. The van der Waals surface area contributed by atoms with E-state index in [1.165, 1.54) is 52.5 Å². The van der Waals surface area contributed by atoms with Crippen LogP contribution in [0, 0.1) is 0 Å². The summed E-state index contributed by atoms with van der Waals surface area (Å²) in [5.41, 5.74) is 6.73. The zero-order valence-electron chi connectivity index (χ0n) is 27.1. The normalized spacial score (nSPS) is 12.3. The molecule has 0 amide bonds. The Balaban J connectivity index is 1.20. The Morgan fingerprint density at radius 1 is 0.490 bits per heavy atom. The summed E-state index contributed by atoms with van der Waals surface area (Å²) < 4.78 is 11.3. The first-order valence-corrected chi connectivity index (χ1v) is 18.0. The third-order valence-electron chi connectivity index (χ3n) is 10.6. The van der Waals surface area contributed by atoms with E-state index in [-0.39, 0.29) is 0 Å². The number of hydrogen-bond donors (Lipinski definition) is 0. The van der Waals surface area contributed by atoms with Crippen molar-refractivity contribution >= 4 is 108 Å². The number of aromatic nitrogens is 3. The Morgan fingerprint density at radius 2 is 1.20 bits per heavy atom. The average molecular weight is 668 g/mol. The van der Waals surface area contributed by atoms with Crippen LogP contribution in [0.15, 0.2) is 156 Å². The Bertz CT molecular complexity index is 3440. The molecule has 4 heterocycles. The summed E-state index contributed by atoms with van der Waals surface area (Å²) in [6, 6.07) is 53.8. The summed E-state index contributed by atoms with van der Waals surface area (Å²) in [5.74, 6) is 0.652. The molecule has 4 aromatic heterocycles. The first kappa shape index (κ1) is 27.3. The molecule has 51 heavy (non-hydrogen) atoms. The lowest BCUT2D eigenvalue weighted by Gasteiger charge is -2.12. The van der Waals surface area contributed by atoms with Gasteiger partial charge in [-0.3, -0.25) is 4.57 Å². The predicted octanol–water partition coefficient (Wildman–Crippen LogP) is 13.0. The Labute approximate surface area is 294 Å². The SMILES string of the molecule is c1ccc2c(c1)ccc1oc3cc(-c4nc(-n5c6ccccc6c6c7ccccc7c7c8ccccc8sc7c65)nc5ccccc45)ccc3c12. The molecule has 8 aromatic carbocycles. The van der Waals surface area contributed by atoms with Gasteiger partial charge in [0.05, 0.1) is 26.9 Å². The van der Waals surface area contributed by atoms with E-state index in [0.29, 0.717) is 5.95 Å². The summed E-state index contributed by atoms with van der Waals surface area (Å²) >= 11 is 1.85. The summed E-state index contributed by atoms with van der Waals surface area (Å²) in [6.07, 6.45) is 0. The second kappa shape index (κ2) is 10.0. The van der Waals surface area contributed by atoms with Crippen LogP contribution < -0.4 is 0 Å². The summed E-state index contributed by atoms with van der Waals surface area (Å²) in [4.78, 5) is 10.8. The molecule has 0 spiro atoms. The van der Waals surface area contributed by atoms with Crippen molar-refractivity contribution in [2.24, 2.45) is 0 Å². The lowest BCUT2D eigenvalue weighted by molar-refractivity contribution is 0.669. The first-order valence-electron chi connectivity index (χ1n) is 17.2. The van der Waals surface area contributed by atoms with Gasteiger partial charge in [-0.05, 0) is 57.9 Å². The molecule has 0 radical (unpaired) electrons. The second-order valence-corrected chi connectivity index (χ2v) is 14.3. The van der Waals surface area contributed by atoms with Crippen LogP contribution in [-0.4, -0.2) is 14.5 Å². The van der Waals surface area contributed by atoms with Gasteiger partial charge in [-0.15, -0.1) is 11.3 Å². The number of hydrogen-bond acceptors (Lipinski definition) is 4. The Morgan fingerprint density at radius 3 is 2.08 bits per heavy atom. The maximum absolute atomic E-state index is 6.52. The van der Waals surface area contributed by atoms with E-state index in [4.69, 9.17) is 14.4 Å². The van der Waals surface area contributed by atoms with Gasteiger partial charge in [-0.25, -0.2) is 9.97 Å². The van der Waals surface area contributed by atoms with Crippen molar-refractivity contribution < 1.29 is 4.42 Å². The van der Waals surface area contributed by atoms with E-state index in [0.717, 1.165) is 55.1 Å². The van der Waals surface area contributed by atoms with Gasteiger partial charge < -0.3 is 4.42 Å². The fourth-order valence-electron chi connectivity index (χ4n) is 8.41. The van der Waals surface area contributed by atoms with Crippen molar-refractivity contribution in [1.29, 1.82) is 0 Å². The Kier molecular flexibility index (Phi) is 5.35. The molecule has 4 nitrogen and oxygen atoms in total. The average Bonchev–Trinajstić information content (AvgIpc) is 3.87. The molecule has 0 N–H and O–H groups in total. The minimum atomic E-state index is 0.652. The number of rotatable bonds is 2. The minimum Gasteiger partial charge on any atom is -0.456 e. The number of thiophene rings is 1. The number of benzene rings is 8. The van der Waals surface area contributed by atoms with Crippen molar-refractivity contribution in [3.8, 4) is 17.2 Å². The van der Waals surface area contributed by atoms with Gasteiger partial charge in [0.15, 0.2) is 0 Å². The molecular formula is C46H25N3OS. The van der Waals surface area contributed by atoms with Crippen LogP contribution in [0.2, 0.25) is 0 Å². The maximum atomic E-state index is 6.52. The van der Waals surface area contributed by atoms with Gasteiger partial charge in [-0.2, -0.15) is 0 Å². The third-order valence-corrected chi connectivity index (χ3v) is 11.8. The lowest BCUT2D eigenvalue weighted by atomic mass is 9.99. The summed E-state index contributed by atoms with van der Waals surface area (Å²) in [6.45, 7) is 0. The van der Waals surface area contributed by atoms with Gasteiger partial charge in [0, 0.05) is 48.0 Å². The monoisotopic (exact) mass is 667 g/mol.